The van der Waals surface area contributed by atoms with Crippen molar-refractivity contribution in [3.63, 3.8) is 0 Å². The summed E-state index contributed by atoms with van der Waals surface area (Å²) in [5, 5.41) is 0. The largest absolute Gasteiger partial charge is 0.416 e. The van der Waals surface area contributed by atoms with E-state index < -0.39 is 26.7 Å². The van der Waals surface area contributed by atoms with Gasteiger partial charge in [0.2, 0.25) is 15.9 Å². The fraction of sp³-hybridized carbons (Fsp3) is 0.286. The van der Waals surface area contributed by atoms with Gasteiger partial charge in [-0.25, -0.2) is 8.42 Å². The fourth-order valence-electron chi connectivity index (χ4n) is 3.19. The Kier molecular flexibility index (Phi) is 6.33. The predicted octanol–water partition coefficient (Wildman–Crippen LogP) is 3.64. The van der Waals surface area contributed by atoms with Crippen LogP contribution in [0.2, 0.25) is 0 Å². The first kappa shape index (κ1) is 22.0. The minimum absolute atomic E-state index is 0.0164. The first-order chi connectivity index (χ1) is 14.1. The van der Waals surface area contributed by atoms with Crippen molar-refractivity contribution < 1.29 is 26.4 Å². The minimum atomic E-state index is -4.63. The number of hydrogen-bond donors (Lipinski definition) is 0. The van der Waals surface area contributed by atoms with Gasteiger partial charge < -0.3 is 4.90 Å². The number of carbonyl (C=O) groups excluding carboxylic acids is 1. The van der Waals surface area contributed by atoms with Crippen molar-refractivity contribution >= 4 is 21.5 Å². The third-order valence-corrected chi connectivity index (χ3v) is 6.81. The standard InChI is InChI=1S/C21H21F3N2O3S/c1-16(17-6-3-2-4-7-17)14-20(27)25-10-12-26(13-11-25)30(28,29)19-9-5-8-18(15-19)21(22,23)24/h2-9,14-15H,10-13H2,1H3. The van der Waals surface area contributed by atoms with E-state index in [0.29, 0.717) is 6.07 Å². The number of halogens is 3. The maximum Gasteiger partial charge on any atom is 0.416 e. The first-order valence-electron chi connectivity index (χ1n) is 9.29. The van der Waals surface area contributed by atoms with Crippen molar-refractivity contribution in [2.24, 2.45) is 0 Å². The SMILES string of the molecule is CC(=CC(=O)N1CCN(S(=O)(=O)c2cccc(C(F)(F)F)c2)CC1)c1ccccc1. The van der Waals surface area contributed by atoms with Crippen molar-refractivity contribution in [2.45, 2.75) is 18.0 Å². The zero-order chi connectivity index (χ0) is 21.9. The summed E-state index contributed by atoms with van der Waals surface area (Å²) in [5.74, 6) is -0.229. The first-order valence-corrected chi connectivity index (χ1v) is 10.7. The van der Waals surface area contributed by atoms with E-state index in [1.54, 1.807) is 0 Å². The fourth-order valence-corrected chi connectivity index (χ4v) is 4.66. The molecular formula is C21H21F3N2O3S. The Labute approximate surface area is 173 Å². The van der Waals surface area contributed by atoms with Crippen LogP contribution in [-0.2, 0) is 21.0 Å². The topological polar surface area (TPSA) is 57.7 Å². The molecule has 3 rings (SSSR count). The van der Waals surface area contributed by atoms with E-state index in [1.807, 2.05) is 37.3 Å². The lowest BCUT2D eigenvalue weighted by Gasteiger charge is -2.33. The van der Waals surface area contributed by atoms with Crippen LogP contribution in [0.4, 0.5) is 13.2 Å². The predicted molar refractivity (Wildman–Crippen MR) is 107 cm³/mol. The van der Waals surface area contributed by atoms with E-state index >= 15 is 0 Å². The second kappa shape index (κ2) is 8.61. The molecule has 2 aromatic carbocycles. The van der Waals surface area contributed by atoms with Crippen LogP contribution in [0, 0.1) is 0 Å². The molecule has 1 aliphatic rings. The number of sulfonamides is 1. The third-order valence-electron chi connectivity index (χ3n) is 4.92. The number of alkyl halides is 3. The minimum Gasteiger partial charge on any atom is -0.337 e. The average molecular weight is 438 g/mol. The van der Waals surface area contributed by atoms with Gasteiger partial charge in [0.25, 0.3) is 0 Å². The van der Waals surface area contributed by atoms with Crippen LogP contribution in [0.1, 0.15) is 18.1 Å². The van der Waals surface area contributed by atoms with Gasteiger partial charge in [-0.15, -0.1) is 0 Å². The molecule has 2 aromatic rings. The Morgan fingerprint density at radius 1 is 0.967 bits per heavy atom. The Morgan fingerprint density at radius 2 is 1.60 bits per heavy atom. The van der Waals surface area contributed by atoms with Crippen LogP contribution < -0.4 is 0 Å². The van der Waals surface area contributed by atoms with Crippen molar-refractivity contribution in [2.75, 3.05) is 26.2 Å². The van der Waals surface area contributed by atoms with Gasteiger partial charge in [-0.3, -0.25) is 4.79 Å². The lowest BCUT2D eigenvalue weighted by Crippen LogP contribution is -2.50. The number of amides is 1. The average Bonchev–Trinajstić information content (AvgIpc) is 2.74. The zero-order valence-electron chi connectivity index (χ0n) is 16.3. The molecule has 0 unspecified atom stereocenters. The van der Waals surface area contributed by atoms with Gasteiger partial charge >= 0.3 is 6.18 Å². The lowest BCUT2D eigenvalue weighted by atomic mass is 10.1. The Bertz CT molecular complexity index is 1040. The maximum absolute atomic E-state index is 12.9. The van der Waals surface area contributed by atoms with E-state index in [-0.39, 0.29) is 32.1 Å². The molecule has 1 fully saturated rings. The van der Waals surface area contributed by atoms with E-state index in [9.17, 15) is 26.4 Å². The normalized spacial score (nSPS) is 16.5. The highest BCUT2D eigenvalue weighted by Gasteiger charge is 2.34. The molecule has 9 heteroatoms. The number of carbonyl (C=O) groups is 1. The van der Waals surface area contributed by atoms with E-state index in [4.69, 9.17) is 0 Å². The molecule has 0 atom stereocenters. The van der Waals surface area contributed by atoms with Gasteiger partial charge in [0.1, 0.15) is 0 Å². The number of nitrogens with zero attached hydrogens (tertiary/aromatic N) is 2. The highest BCUT2D eigenvalue weighted by Crippen LogP contribution is 2.31. The second-order valence-electron chi connectivity index (χ2n) is 6.95. The smallest absolute Gasteiger partial charge is 0.337 e. The van der Waals surface area contributed by atoms with Crippen molar-refractivity contribution in [1.82, 2.24) is 9.21 Å². The molecule has 1 aliphatic heterocycles. The number of hydrogen-bond acceptors (Lipinski definition) is 3. The van der Waals surface area contributed by atoms with Gasteiger partial charge in [0.05, 0.1) is 10.5 Å². The number of piperazine rings is 1. The summed E-state index contributed by atoms with van der Waals surface area (Å²) in [6, 6.07) is 13.1. The van der Waals surface area contributed by atoms with Crippen LogP contribution in [0.5, 0.6) is 0 Å². The lowest BCUT2D eigenvalue weighted by molar-refractivity contribution is -0.137. The summed E-state index contributed by atoms with van der Waals surface area (Å²) < 4.78 is 65.3. The highest BCUT2D eigenvalue weighted by atomic mass is 32.2. The van der Waals surface area contributed by atoms with Gasteiger partial charge in [-0.1, -0.05) is 36.4 Å². The molecule has 1 amide bonds. The van der Waals surface area contributed by atoms with Gasteiger partial charge in [-0.2, -0.15) is 17.5 Å². The van der Waals surface area contributed by atoms with Crippen LogP contribution in [0.3, 0.4) is 0 Å². The number of benzene rings is 2. The summed E-state index contributed by atoms with van der Waals surface area (Å²) in [7, 11) is -4.08. The van der Waals surface area contributed by atoms with Crippen LogP contribution in [0.15, 0.2) is 65.6 Å². The van der Waals surface area contributed by atoms with Gasteiger partial charge in [0, 0.05) is 32.3 Å². The molecule has 0 saturated carbocycles. The second-order valence-corrected chi connectivity index (χ2v) is 8.89. The Hall–Kier alpha value is -2.65. The Balaban J connectivity index is 1.68. The molecular weight excluding hydrogens is 417 g/mol. The van der Waals surface area contributed by atoms with Gasteiger partial charge in [-0.05, 0) is 36.3 Å². The molecule has 0 bridgehead atoms. The molecule has 0 N–H and O–H groups in total. The van der Waals surface area contributed by atoms with Crippen LogP contribution >= 0.6 is 0 Å². The highest BCUT2D eigenvalue weighted by molar-refractivity contribution is 7.89. The number of allylic oxidation sites excluding steroid dienone is 1. The summed E-state index contributed by atoms with van der Waals surface area (Å²) in [6.45, 7) is 2.18. The molecule has 0 aromatic heterocycles. The molecule has 5 nitrogen and oxygen atoms in total. The molecule has 0 radical (unpaired) electrons. The zero-order valence-corrected chi connectivity index (χ0v) is 17.1. The summed E-state index contributed by atoms with van der Waals surface area (Å²) in [4.78, 5) is 13.6. The van der Waals surface area contributed by atoms with Crippen LogP contribution in [0.25, 0.3) is 5.57 Å². The molecule has 30 heavy (non-hydrogen) atoms. The van der Waals surface area contributed by atoms with E-state index in [2.05, 4.69) is 0 Å². The summed E-state index contributed by atoms with van der Waals surface area (Å²) in [5.41, 5.74) is 0.690. The van der Waals surface area contributed by atoms with Crippen molar-refractivity contribution in [3.8, 4) is 0 Å². The third kappa shape index (κ3) is 4.91. The molecule has 0 aliphatic carbocycles. The summed E-state index contributed by atoms with van der Waals surface area (Å²) >= 11 is 0. The van der Waals surface area contributed by atoms with Crippen molar-refractivity contribution in [1.29, 1.82) is 0 Å². The molecule has 1 saturated heterocycles. The molecule has 160 valence electrons. The Morgan fingerprint density at radius 3 is 2.20 bits per heavy atom. The monoisotopic (exact) mass is 438 g/mol. The summed E-state index contributed by atoms with van der Waals surface area (Å²) in [6.07, 6.45) is -3.12. The van der Waals surface area contributed by atoms with Crippen LogP contribution in [-0.4, -0.2) is 49.7 Å². The molecule has 1 heterocycles. The van der Waals surface area contributed by atoms with Crippen molar-refractivity contribution in [3.05, 3.63) is 71.8 Å². The van der Waals surface area contributed by atoms with Gasteiger partial charge in [0.15, 0.2) is 0 Å². The maximum atomic E-state index is 12.9. The van der Waals surface area contributed by atoms with E-state index in [1.165, 1.54) is 11.0 Å². The molecule has 0 spiro atoms. The number of rotatable bonds is 4. The quantitative estimate of drug-likeness (QED) is 0.685. The van der Waals surface area contributed by atoms with E-state index in [0.717, 1.165) is 33.6 Å².